The van der Waals surface area contributed by atoms with Crippen molar-refractivity contribution >= 4 is 28.9 Å². The minimum absolute atomic E-state index is 0.0357. The van der Waals surface area contributed by atoms with Gasteiger partial charge in [0.1, 0.15) is 0 Å². The zero-order valence-corrected chi connectivity index (χ0v) is 13.3. The van der Waals surface area contributed by atoms with Crippen LogP contribution in [-0.2, 0) is 0 Å². The van der Waals surface area contributed by atoms with E-state index < -0.39 is 0 Å². The summed E-state index contributed by atoms with van der Waals surface area (Å²) in [5.74, 6) is -0.132. The SMILES string of the molecule is O=C1Nc2cc(C(=O)N3CCCCC3)ccc2Nc2ccccc21. The second-order valence-electron chi connectivity index (χ2n) is 6.24. The van der Waals surface area contributed by atoms with Crippen molar-refractivity contribution < 1.29 is 9.59 Å². The van der Waals surface area contributed by atoms with Crippen molar-refractivity contribution in [1.82, 2.24) is 4.90 Å². The molecule has 24 heavy (non-hydrogen) atoms. The summed E-state index contributed by atoms with van der Waals surface area (Å²) in [5, 5.41) is 6.18. The van der Waals surface area contributed by atoms with Crippen LogP contribution in [0.25, 0.3) is 0 Å². The number of carbonyl (C=O) groups is 2. The summed E-state index contributed by atoms with van der Waals surface area (Å²) in [6, 6.07) is 12.8. The van der Waals surface area contributed by atoms with Crippen LogP contribution in [0.5, 0.6) is 0 Å². The molecular weight excluding hydrogens is 302 g/mol. The van der Waals surface area contributed by atoms with E-state index in [-0.39, 0.29) is 11.8 Å². The fraction of sp³-hybridized carbons (Fsp3) is 0.263. The average Bonchev–Trinajstić information content (AvgIpc) is 2.77. The number of nitrogens with zero attached hydrogens (tertiary/aromatic N) is 1. The molecule has 2 heterocycles. The van der Waals surface area contributed by atoms with Crippen LogP contribution in [0.4, 0.5) is 17.1 Å². The smallest absolute Gasteiger partial charge is 0.257 e. The van der Waals surface area contributed by atoms with Crippen molar-refractivity contribution in [2.24, 2.45) is 0 Å². The number of carbonyl (C=O) groups excluding carboxylic acids is 2. The molecule has 2 N–H and O–H groups in total. The van der Waals surface area contributed by atoms with Crippen molar-refractivity contribution in [3.63, 3.8) is 0 Å². The largest absolute Gasteiger partial charge is 0.353 e. The molecule has 1 fully saturated rings. The Kier molecular flexibility index (Phi) is 3.69. The average molecular weight is 321 g/mol. The number of nitrogens with one attached hydrogen (secondary N) is 2. The first-order valence-electron chi connectivity index (χ1n) is 8.33. The zero-order chi connectivity index (χ0) is 16.5. The molecule has 5 nitrogen and oxygen atoms in total. The zero-order valence-electron chi connectivity index (χ0n) is 13.3. The summed E-state index contributed by atoms with van der Waals surface area (Å²) in [6.45, 7) is 1.62. The molecule has 0 radical (unpaired) electrons. The molecule has 0 aromatic heterocycles. The highest BCUT2D eigenvalue weighted by atomic mass is 16.2. The molecule has 0 saturated carbocycles. The fourth-order valence-electron chi connectivity index (χ4n) is 3.29. The van der Waals surface area contributed by atoms with Gasteiger partial charge in [0.2, 0.25) is 0 Å². The standard InChI is InChI=1S/C19H19N3O2/c23-18-14-6-2-3-7-15(14)20-16-9-8-13(12-17(16)21-18)19(24)22-10-4-1-5-11-22/h2-3,6-9,12,20H,1,4-5,10-11H2,(H,21,23). The summed E-state index contributed by atoms with van der Waals surface area (Å²) in [5.41, 5.74) is 3.41. The highest BCUT2D eigenvalue weighted by Gasteiger charge is 2.22. The Morgan fingerprint density at radius 2 is 1.67 bits per heavy atom. The number of piperidine rings is 1. The van der Waals surface area contributed by atoms with Gasteiger partial charge in [-0.05, 0) is 49.6 Å². The van der Waals surface area contributed by atoms with Gasteiger partial charge >= 0.3 is 0 Å². The first kappa shape index (κ1) is 14.8. The Hall–Kier alpha value is -2.82. The Labute approximate surface area is 140 Å². The van der Waals surface area contributed by atoms with Gasteiger partial charge in [0, 0.05) is 18.7 Å². The van der Waals surface area contributed by atoms with Gasteiger partial charge in [-0.15, -0.1) is 0 Å². The van der Waals surface area contributed by atoms with Gasteiger partial charge in [0.15, 0.2) is 0 Å². The summed E-state index contributed by atoms with van der Waals surface area (Å²) in [4.78, 5) is 27.0. The molecule has 0 aliphatic carbocycles. The molecule has 0 atom stereocenters. The number of anilines is 3. The molecule has 0 bridgehead atoms. The minimum atomic E-state index is -0.167. The third kappa shape index (κ3) is 2.62. The molecule has 1 saturated heterocycles. The van der Waals surface area contributed by atoms with Crippen LogP contribution in [0.3, 0.4) is 0 Å². The summed E-state index contributed by atoms with van der Waals surface area (Å²) in [6.07, 6.45) is 3.31. The van der Waals surface area contributed by atoms with Crippen molar-refractivity contribution in [2.75, 3.05) is 23.7 Å². The number of likely N-dealkylation sites (tertiary alicyclic amines) is 1. The highest BCUT2D eigenvalue weighted by Crippen LogP contribution is 2.32. The van der Waals surface area contributed by atoms with Gasteiger partial charge in [-0.3, -0.25) is 9.59 Å². The number of para-hydroxylation sites is 1. The van der Waals surface area contributed by atoms with Crippen LogP contribution < -0.4 is 10.6 Å². The van der Waals surface area contributed by atoms with Crippen LogP contribution >= 0.6 is 0 Å². The lowest BCUT2D eigenvalue weighted by molar-refractivity contribution is 0.0724. The second kappa shape index (κ2) is 6.00. The van der Waals surface area contributed by atoms with Crippen LogP contribution in [0.1, 0.15) is 40.0 Å². The van der Waals surface area contributed by atoms with E-state index in [2.05, 4.69) is 10.6 Å². The van der Waals surface area contributed by atoms with Gasteiger partial charge in [-0.2, -0.15) is 0 Å². The van der Waals surface area contributed by atoms with Crippen molar-refractivity contribution in [2.45, 2.75) is 19.3 Å². The Balaban J connectivity index is 1.65. The van der Waals surface area contributed by atoms with Gasteiger partial charge < -0.3 is 15.5 Å². The molecule has 2 amide bonds. The van der Waals surface area contributed by atoms with E-state index >= 15 is 0 Å². The molecule has 0 spiro atoms. The van der Waals surface area contributed by atoms with E-state index in [9.17, 15) is 9.59 Å². The predicted molar refractivity (Wildman–Crippen MR) is 93.9 cm³/mol. The maximum atomic E-state index is 12.7. The van der Waals surface area contributed by atoms with E-state index in [0.29, 0.717) is 16.8 Å². The molecule has 2 aromatic rings. The van der Waals surface area contributed by atoms with Gasteiger partial charge in [0.25, 0.3) is 11.8 Å². The van der Waals surface area contributed by atoms with Crippen LogP contribution in [0.2, 0.25) is 0 Å². The monoisotopic (exact) mass is 321 g/mol. The van der Waals surface area contributed by atoms with Crippen LogP contribution in [0.15, 0.2) is 42.5 Å². The van der Waals surface area contributed by atoms with E-state index in [4.69, 9.17) is 0 Å². The Bertz CT molecular complexity index is 810. The molecule has 4 rings (SSSR count). The highest BCUT2D eigenvalue weighted by molar-refractivity contribution is 6.12. The lowest BCUT2D eigenvalue weighted by atomic mass is 10.1. The third-order valence-corrected chi connectivity index (χ3v) is 4.60. The van der Waals surface area contributed by atoms with Gasteiger partial charge in [-0.25, -0.2) is 0 Å². The molecule has 2 aliphatic rings. The second-order valence-corrected chi connectivity index (χ2v) is 6.24. The molecular formula is C19H19N3O2. The lowest BCUT2D eigenvalue weighted by Gasteiger charge is -2.27. The maximum Gasteiger partial charge on any atom is 0.257 e. The fourth-order valence-corrected chi connectivity index (χ4v) is 3.29. The van der Waals surface area contributed by atoms with Crippen molar-refractivity contribution in [1.29, 1.82) is 0 Å². The van der Waals surface area contributed by atoms with E-state index in [1.165, 1.54) is 6.42 Å². The number of hydrogen-bond donors (Lipinski definition) is 2. The lowest BCUT2D eigenvalue weighted by Crippen LogP contribution is -2.35. The van der Waals surface area contributed by atoms with E-state index in [0.717, 1.165) is 37.3 Å². The normalized spacial score (nSPS) is 16.3. The third-order valence-electron chi connectivity index (χ3n) is 4.60. The molecule has 122 valence electrons. The van der Waals surface area contributed by atoms with Gasteiger partial charge in [-0.1, -0.05) is 12.1 Å². The quantitative estimate of drug-likeness (QED) is 0.843. The van der Waals surface area contributed by atoms with Crippen LogP contribution in [0, 0.1) is 0 Å². The topological polar surface area (TPSA) is 61.4 Å². The van der Waals surface area contributed by atoms with Gasteiger partial charge in [0.05, 0.1) is 22.6 Å². The van der Waals surface area contributed by atoms with E-state index in [1.807, 2.05) is 35.2 Å². The first-order chi connectivity index (χ1) is 11.7. The number of amides is 2. The summed E-state index contributed by atoms with van der Waals surface area (Å²) >= 11 is 0. The van der Waals surface area contributed by atoms with E-state index in [1.54, 1.807) is 12.1 Å². The predicted octanol–water partition coefficient (Wildman–Crippen LogP) is 3.62. The Morgan fingerprint density at radius 3 is 2.50 bits per heavy atom. The maximum absolute atomic E-state index is 12.7. The molecule has 5 heteroatoms. The first-order valence-corrected chi connectivity index (χ1v) is 8.33. The molecule has 2 aromatic carbocycles. The number of benzene rings is 2. The van der Waals surface area contributed by atoms with Crippen LogP contribution in [-0.4, -0.2) is 29.8 Å². The molecule has 2 aliphatic heterocycles. The van der Waals surface area contributed by atoms with Crippen molar-refractivity contribution in [3.8, 4) is 0 Å². The number of hydrogen-bond acceptors (Lipinski definition) is 3. The molecule has 0 unspecified atom stereocenters. The van der Waals surface area contributed by atoms with Crippen molar-refractivity contribution in [3.05, 3.63) is 53.6 Å². The minimum Gasteiger partial charge on any atom is -0.353 e. The summed E-state index contributed by atoms with van der Waals surface area (Å²) in [7, 11) is 0. The number of rotatable bonds is 1. The summed E-state index contributed by atoms with van der Waals surface area (Å²) < 4.78 is 0. The Morgan fingerprint density at radius 1 is 0.875 bits per heavy atom. The number of fused-ring (bicyclic) bond motifs is 2.